The normalized spacial score (nSPS) is 25.0. The number of nitrogens with one attached hydrogen (secondary N) is 1. The molecular formula is C18H26FN3O4. The summed E-state index contributed by atoms with van der Waals surface area (Å²) in [5.74, 6) is -0.545. The van der Waals surface area contributed by atoms with E-state index in [4.69, 9.17) is 9.47 Å². The summed E-state index contributed by atoms with van der Waals surface area (Å²) in [4.78, 5) is 27.1. The van der Waals surface area contributed by atoms with E-state index in [0.29, 0.717) is 18.7 Å². The molecule has 1 aromatic rings. The van der Waals surface area contributed by atoms with Gasteiger partial charge in [0.15, 0.2) is 0 Å². The van der Waals surface area contributed by atoms with E-state index >= 15 is 0 Å². The lowest BCUT2D eigenvalue weighted by Crippen LogP contribution is -2.39. The highest BCUT2D eigenvalue weighted by atomic mass is 19.1. The minimum Gasteiger partial charge on any atom is -0.465 e. The quantitative estimate of drug-likeness (QED) is 0.812. The van der Waals surface area contributed by atoms with Gasteiger partial charge in [-0.25, -0.2) is 9.18 Å². The van der Waals surface area contributed by atoms with Gasteiger partial charge in [-0.2, -0.15) is 0 Å². The molecule has 0 saturated carbocycles. The standard InChI is InChI=1S/C18H26FN3O4/c1-21-6-3-12(4-7-21)20-15-9-17(23)22(10-13(15)18(24)25-2)16-5-8-26-11-14(16)19/h9-10,12,14,16,20H,3-8,11H2,1-2H3/t14-,16-/m1/s1. The van der Waals surface area contributed by atoms with Crippen LogP contribution in [-0.4, -0.2) is 68.1 Å². The Bertz CT molecular complexity index is 700. The van der Waals surface area contributed by atoms with Crippen molar-refractivity contribution in [1.29, 1.82) is 0 Å². The Balaban J connectivity index is 1.90. The number of hydrogen-bond acceptors (Lipinski definition) is 6. The van der Waals surface area contributed by atoms with Gasteiger partial charge in [0.2, 0.25) is 0 Å². The summed E-state index contributed by atoms with van der Waals surface area (Å²) in [7, 11) is 3.36. The van der Waals surface area contributed by atoms with Crippen LogP contribution in [0.25, 0.3) is 0 Å². The highest BCUT2D eigenvalue weighted by Crippen LogP contribution is 2.25. The molecule has 0 aliphatic carbocycles. The van der Waals surface area contributed by atoms with Crippen molar-refractivity contribution < 1.29 is 18.7 Å². The molecule has 26 heavy (non-hydrogen) atoms. The van der Waals surface area contributed by atoms with Gasteiger partial charge in [-0.3, -0.25) is 4.79 Å². The molecule has 2 aliphatic rings. The fourth-order valence-corrected chi connectivity index (χ4v) is 3.58. The van der Waals surface area contributed by atoms with Crippen LogP contribution in [0.1, 0.15) is 35.7 Å². The number of alkyl halides is 1. The van der Waals surface area contributed by atoms with E-state index in [0.717, 1.165) is 25.9 Å². The van der Waals surface area contributed by atoms with Gasteiger partial charge in [-0.15, -0.1) is 0 Å². The van der Waals surface area contributed by atoms with Crippen molar-refractivity contribution in [3.05, 3.63) is 28.2 Å². The van der Waals surface area contributed by atoms with Crippen molar-refractivity contribution in [1.82, 2.24) is 9.47 Å². The van der Waals surface area contributed by atoms with Crippen LogP contribution in [0.4, 0.5) is 10.1 Å². The number of aromatic nitrogens is 1. The van der Waals surface area contributed by atoms with E-state index in [1.54, 1.807) is 0 Å². The van der Waals surface area contributed by atoms with Gasteiger partial charge < -0.3 is 24.3 Å². The van der Waals surface area contributed by atoms with Crippen molar-refractivity contribution in [3.63, 3.8) is 0 Å². The molecule has 1 aromatic heterocycles. The Morgan fingerprint density at radius 1 is 1.35 bits per heavy atom. The van der Waals surface area contributed by atoms with Crippen LogP contribution in [0.15, 0.2) is 17.1 Å². The second-order valence-corrected chi connectivity index (χ2v) is 7.01. The fourth-order valence-electron chi connectivity index (χ4n) is 3.58. The molecule has 2 fully saturated rings. The van der Waals surface area contributed by atoms with Crippen LogP contribution in [0, 0.1) is 0 Å². The van der Waals surface area contributed by atoms with Crippen LogP contribution in [0.5, 0.6) is 0 Å². The van der Waals surface area contributed by atoms with E-state index in [1.807, 2.05) is 0 Å². The number of hydrogen-bond donors (Lipinski definition) is 1. The summed E-state index contributed by atoms with van der Waals surface area (Å²) in [5, 5.41) is 3.31. The van der Waals surface area contributed by atoms with E-state index < -0.39 is 18.2 Å². The number of carbonyl (C=O) groups excluding carboxylic acids is 1. The van der Waals surface area contributed by atoms with Gasteiger partial charge in [0.05, 0.1) is 31.0 Å². The number of piperidine rings is 1. The first-order chi connectivity index (χ1) is 12.5. The molecule has 7 nitrogen and oxygen atoms in total. The van der Waals surface area contributed by atoms with Crippen LogP contribution < -0.4 is 10.9 Å². The molecule has 2 saturated heterocycles. The van der Waals surface area contributed by atoms with E-state index in [9.17, 15) is 14.0 Å². The minimum atomic E-state index is -1.28. The first-order valence-electron chi connectivity index (χ1n) is 9.01. The maximum absolute atomic E-state index is 14.2. The smallest absolute Gasteiger partial charge is 0.341 e. The predicted octanol–water partition coefficient (Wildman–Crippen LogP) is 1.44. The minimum absolute atomic E-state index is 0.0414. The lowest BCUT2D eigenvalue weighted by atomic mass is 10.0. The monoisotopic (exact) mass is 367 g/mol. The Labute approximate surface area is 152 Å². The van der Waals surface area contributed by atoms with Gasteiger partial charge in [-0.05, 0) is 39.4 Å². The molecule has 0 amide bonds. The number of likely N-dealkylation sites (tertiary alicyclic amines) is 1. The van der Waals surface area contributed by atoms with Crippen LogP contribution in [0.2, 0.25) is 0 Å². The number of nitrogens with zero attached hydrogens (tertiary/aromatic N) is 2. The highest BCUT2D eigenvalue weighted by molar-refractivity contribution is 5.95. The Hall–Kier alpha value is -1.93. The van der Waals surface area contributed by atoms with Crippen LogP contribution in [0.3, 0.4) is 0 Å². The zero-order valence-corrected chi connectivity index (χ0v) is 15.2. The number of rotatable bonds is 4. The number of carbonyl (C=O) groups is 1. The zero-order valence-electron chi connectivity index (χ0n) is 15.2. The maximum atomic E-state index is 14.2. The van der Waals surface area contributed by atoms with Crippen molar-refractivity contribution in [3.8, 4) is 0 Å². The second-order valence-electron chi connectivity index (χ2n) is 7.01. The van der Waals surface area contributed by atoms with Gasteiger partial charge in [0.25, 0.3) is 5.56 Å². The number of halogens is 1. The van der Waals surface area contributed by atoms with Crippen molar-refractivity contribution in [2.45, 2.75) is 37.5 Å². The molecule has 144 valence electrons. The first-order valence-corrected chi connectivity index (χ1v) is 9.01. The topological polar surface area (TPSA) is 72.8 Å². The third-order valence-corrected chi connectivity index (χ3v) is 5.17. The summed E-state index contributed by atoms with van der Waals surface area (Å²) < 4.78 is 25.5. The first kappa shape index (κ1) is 18.8. The average Bonchev–Trinajstić information content (AvgIpc) is 2.64. The molecule has 3 heterocycles. The number of esters is 1. The lowest BCUT2D eigenvalue weighted by Gasteiger charge is -2.31. The molecule has 0 radical (unpaired) electrons. The van der Waals surface area contributed by atoms with E-state index in [2.05, 4.69) is 17.3 Å². The van der Waals surface area contributed by atoms with Crippen LogP contribution in [-0.2, 0) is 9.47 Å². The number of methoxy groups -OCH3 is 1. The third-order valence-electron chi connectivity index (χ3n) is 5.17. The molecule has 0 unspecified atom stereocenters. The molecule has 0 aromatic carbocycles. The summed E-state index contributed by atoms with van der Waals surface area (Å²) in [6, 6.07) is 0.936. The van der Waals surface area contributed by atoms with Gasteiger partial charge in [-0.1, -0.05) is 0 Å². The summed E-state index contributed by atoms with van der Waals surface area (Å²) in [5.41, 5.74) is 0.377. The van der Waals surface area contributed by atoms with E-state index in [1.165, 1.54) is 23.9 Å². The summed E-state index contributed by atoms with van der Waals surface area (Å²) in [6.45, 7) is 2.25. The van der Waals surface area contributed by atoms with Crippen molar-refractivity contribution >= 4 is 11.7 Å². The molecule has 2 atom stereocenters. The molecule has 3 rings (SSSR count). The SMILES string of the molecule is COC(=O)c1cn([C@@H]2CCOC[C@H]2F)c(=O)cc1NC1CCN(C)CC1. The van der Waals surface area contributed by atoms with Crippen molar-refractivity contribution in [2.75, 3.05) is 45.8 Å². The summed E-state index contributed by atoms with van der Waals surface area (Å²) >= 11 is 0. The largest absolute Gasteiger partial charge is 0.465 e. The van der Waals surface area contributed by atoms with Crippen molar-refractivity contribution in [2.24, 2.45) is 0 Å². The maximum Gasteiger partial charge on any atom is 0.341 e. The second kappa shape index (κ2) is 8.18. The highest BCUT2D eigenvalue weighted by Gasteiger charge is 2.29. The molecule has 2 aliphatic heterocycles. The number of anilines is 1. The molecule has 0 bridgehead atoms. The predicted molar refractivity (Wildman–Crippen MR) is 95.6 cm³/mol. The molecular weight excluding hydrogens is 341 g/mol. The van der Waals surface area contributed by atoms with Gasteiger partial charge >= 0.3 is 5.97 Å². The number of pyridine rings is 1. The number of ether oxygens (including phenoxy) is 2. The third kappa shape index (κ3) is 4.07. The lowest BCUT2D eigenvalue weighted by molar-refractivity contribution is 0.00226. The Kier molecular flexibility index (Phi) is 5.93. The zero-order chi connectivity index (χ0) is 18.7. The molecule has 8 heteroatoms. The Morgan fingerprint density at radius 3 is 2.73 bits per heavy atom. The average molecular weight is 367 g/mol. The van der Waals surface area contributed by atoms with Gasteiger partial charge in [0.1, 0.15) is 6.17 Å². The molecule has 0 spiro atoms. The fraction of sp³-hybridized carbons (Fsp3) is 0.667. The molecule has 1 N–H and O–H groups in total. The summed E-state index contributed by atoms with van der Waals surface area (Å²) in [6.07, 6.45) is 2.39. The van der Waals surface area contributed by atoms with Crippen LogP contribution >= 0.6 is 0 Å². The van der Waals surface area contributed by atoms with Gasteiger partial charge in [0, 0.05) is 24.9 Å². The van der Waals surface area contributed by atoms with E-state index in [-0.39, 0.29) is 23.8 Å². The Morgan fingerprint density at radius 2 is 2.08 bits per heavy atom.